The first-order valence-electron chi connectivity index (χ1n) is 11.5. The van der Waals surface area contributed by atoms with Crippen LogP contribution >= 0.6 is 0 Å². The van der Waals surface area contributed by atoms with Gasteiger partial charge in [-0.3, -0.25) is 14.7 Å². The predicted molar refractivity (Wildman–Crippen MR) is 141 cm³/mol. The number of hydrogen-bond acceptors (Lipinski definition) is 7. The lowest BCUT2D eigenvalue weighted by molar-refractivity contribution is -0.111. The molecule has 190 valence electrons. The van der Waals surface area contributed by atoms with E-state index in [1.165, 1.54) is 0 Å². The van der Waals surface area contributed by atoms with E-state index < -0.39 is 11.8 Å². The molecule has 0 saturated carbocycles. The number of anilines is 3. The van der Waals surface area contributed by atoms with Gasteiger partial charge in [0.05, 0.1) is 25.5 Å². The summed E-state index contributed by atoms with van der Waals surface area (Å²) in [6.45, 7) is 4.94. The fourth-order valence-corrected chi connectivity index (χ4v) is 3.50. The van der Waals surface area contributed by atoms with E-state index in [1.807, 2.05) is 25.2 Å². The molecular formula is C26H32N6O4. The Balaban J connectivity index is 1.68. The van der Waals surface area contributed by atoms with E-state index in [0.717, 1.165) is 47.5 Å². The van der Waals surface area contributed by atoms with E-state index in [0.29, 0.717) is 30.0 Å². The van der Waals surface area contributed by atoms with E-state index in [-0.39, 0.29) is 0 Å². The molecule has 5 N–H and O–H groups in total. The first kappa shape index (κ1) is 26.3. The smallest absolute Gasteiger partial charge is 0.258 e. The summed E-state index contributed by atoms with van der Waals surface area (Å²) in [4.78, 5) is 24.9. The standard InChI is InChI=1S/C26H32N6O4/c1-5-25(33)29-23-14-18(28-11-10-27-2)8-9-22(23)26(34)30-24-15-19(31-32-24)7-6-17-12-20(35-3)16-21(13-17)36-4/h5,8-9,12-16,27-28H,1,6-7,10-11H2,2-4H3,(H,29,33)(H2,30,31,32,34). The molecule has 0 unspecified atom stereocenters. The Bertz CT molecular complexity index is 1180. The zero-order chi connectivity index (χ0) is 25.9. The predicted octanol–water partition coefficient (Wildman–Crippen LogP) is 3.22. The number of amides is 2. The van der Waals surface area contributed by atoms with Gasteiger partial charge in [-0.05, 0) is 61.9 Å². The average Bonchev–Trinajstić information content (AvgIpc) is 3.34. The lowest BCUT2D eigenvalue weighted by atomic mass is 10.1. The minimum atomic E-state index is -0.410. The van der Waals surface area contributed by atoms with Gasteiger partial charge in [0.1, 0.15) is 11.5 Å². The Morgan fingerprint density at radius 3 is 2.42 bits per heavy atom. The van der Waals surface area contributed by atoms with Crippen LogP contribution in [0.5, 0.6) is 11.5 Å². The molecule has 0 aliphatic carbocycles. The average molecular weight is 493 g/mol. The molecule has 0 bridgehead atoms. The Morgan fingerprint density at radius 1 is 1.00 bits per heavy atom. The zero-order valence-electron chi connectivity index (χ0n) is 20.7. The number of aryl methyl sites for hydroxylation is 2. The molecule has 0 fully saturated rings. The molecule has 0 aliphatic heterocycles. The number of nitrogens with zero attached hydrogens (tertiary/aromatic N) is 1. The maximum Gasteiger partial charge on any atom is 0.258 e. The molecule has 10 heteroatoms. The number of methoxy groups -OCH3 is 2. The molecule has 3 aromatic rings. The summed E-state index contributed by atoms with van der Waals surface area (Å²) in [5.74, 6) is 1.03. The van der Waals surface area contributed by atoms with Crippen molar-refractivity contribution in [3.63, 3.8) is 0 Å². The number of hydrogen-bond donors (Lipinski definition) is 5. The SMILES string of the molecule is C=CC(=O)Nc1cc(NCCNC)ccc1C(=O)Nc1cc(CCc2cc(OC)cc(OC)c2)[nH]n1. The topological polar surface area (TPSA) is 129 Å². The number of aromatic amines is 1. The van der Waals surface area contributed by atoms with Crippen LogP contribution in [0.4, 0.5) is 17.2 Å². The summed E-state index contributed by atoms with van der Waals surface area (Å²) in [7, 11) is 5.09. The van der Waals surface area contributed by atoms with Crippen LogP contribution in [0.15, 0.2) is 55.1 Å². The third kappa shape index (κ3) is 7.34. The molecule has 1 aromatic heterocycles. The minimum absolute atomic E-state index is 0.303. The molecule has 0 radical (unpaired) electrons. The number of benzene rings is 2. The van der Waals surface area contributed by atoms with Crippen LogP contribution in [0.2, 0.25) is 0 Å². The van der Waals surface area contributed by atoms with Gasteiger partial charge in [-0.25, -0.2) is 0 Å². The van der Waals surface area contributed by atoms with Crippen molar-refractivity contribution in [2.75, 3.05) is 50.3 Å². The molecule has 2 amide bonds. The van der Waals surface area contributed by atoms with Crippen LogP contribution in [0.1, 0.15) is 21.6 Å². The number of rotatable bonds is 13. The summed E-state index contributed by atoms with van der Waals surface area (Å²) in [6.07, 6.45) is 2.55. The second-order valence-corrected chi connectivity index (χ2v) is 7.94. The number of ether oxygens (including phenoxy) is 2. The van der Waals surface area contributed by atoms with Crippen LogP contribution in [-0.4, -0.2) is 56.4 Å². The largest absolute Gasteiger partial charge is 0.497 e. The van der Waals surface area contributed by atoms with Crippen LogP contribution in [0, 0.1) is 0 Å². The van der Waals surface area contributed by atoms with Gasteiger partial charge in [-0.1, -0.05) is 6.58 Å². The van der Waals surface area contributed by atoms with Gasteiger partial charge >= 0.3 is 0 Å². The summed E-state index contributed by atoms with van der Waals surface area (Å²) in [6, 6.07) is 12.7. The fourth-order valence-electron chi connectivity index (χ4n) is 3.50. The number of carbonyl (C=O) groups excluding carboxylic acids is 2. The Kier molecular flexibility index (Phi) is 9.47. The van der Waals surface area contributed by atoms with E-state index >= 15 is 0 Å². The molecule has 0 saturated heterocycles. The van der Waals surface area contributed by atoms with Crippen molar-refractivity contribution in [3.05, 3.63) is 71.9 Å². The van der Waals surface area contributed by atoms with Crippen LogP contribution in [0.25, 0.3) is 0 Å². The van der Waals surface area contributed by atoms with Gasteiger partial charge < -0.3 is 30.7 Å². The van der Waals surface area contributed by atoms with Crippen molar-refractivity contribution in [1.82, 2.24) is 15.5 Å². The van der Waals surface area contributed by atoms with Crippen molar-refractivity contribution in [1.29, 1.82) is 0 Å². The molecular weight excluding hydrogens is 460 g/mol. The van der Waals surface area contributed by atoms with Crippen LogP contribution in [-0.2, 0) is 17.6 Å². The molecule has 0 atom stereocenters. The molecule has 36 heavy (non-hydrogen) atoms. The Labute approximate surface area is 210 Å². The van der Waals surface area contributed by atoms with Gasteiger partial charge in [0.2, 0.25) is 5.91 Å². The first-order chi connectivity index (χ1) is 17.4. The van der Waals surface area contributed by atoms with Crippen molar-refractivity contribution in [2.24, 2.45) is 0 Å². The third-order valence-corrected chi connectivity index (χ3v) is 5.38. The third-order valence-electron chi connectivity index (χ3n) is 5.38. The maximum absolute atomic E-state index is 13.0. The van der Waals surface area contributed by atoms with Crippen molar-refractivity contribution >= 4 is 29.0 Å². The van der Waals surface area contributed by atoms with E-state index in [1.54, 1.807) is 38.5 Å². The Morgan fingerprint density at radius 2 is 1.75 bits per heavy atom. The van der Waals surface area contributed by atoms with Crippen LogP contribution < -0.4 is 30.7 Å². The van der Waals surface area contributed by atoms with Gasteiger partial charge in [0.15, 0.2) is 5.82 Å². The first-order valence-corrected chi connectivity index (χ1v) is 11.5. The van der Waals surface area contributed by atoms with E-state index in [9.17, 15) is 9.59 Å². The Hall–Kier alpha value is -4.31. The molecule has 10 nitrogen and oxygen atoms in total. The van der Waals surface area contributed by atoms with Gasteiger partial charge in [-0.2, -0.15) is 5.10 Å². The van der Waals surface area contributed by atoms with Gasteiger partial charge in [0.25, 0.3) is 5.91 Å². The molecule has 0 aliphatic rings. The van der Waals surface area contributed by atoms with E-state index in [4.69, 9.17) is 9.47 Å². The van der Waals surface area contributed by atoms with Crippen molar-refractivity contribution < 1.29 is 19.1 Å². The second-order valence-electron chi connectivity index (χ2n) is 7.94. The molecule has 3 rings (SSSR count). The summed E-state index contributed by atoms with van der Waals surface area (Å²) in [5.41, 5.74) is 3.36. The fraction of sp³-hybridized carbons (Fsp3) is 0.269. The van der Waals surface area contributed by atoms with Crippen molar-refractivity contribution in [2.45, 2.75) is 12.8 Å². The van der Waals surface area contributed by atoms with Gasteiger partial charge in [0, 0.05) is 36.6 Å². The summed E-state index contributed by atoms with van der Waals surface area (Å²) < 4.78 is 10.7. The summed E-state index contributed by atoms with van der Waals surface area (Å²) >= 11 is 0. The second kappa shape index (κ2) is 13.0. The number of H-pyrrole nitrogens is 1. The number of carbonyl (C=O) groups is 2. The highest BCUT2D eigenvalue weighted by atomic mass is 16.5. The maximum atomic E-state index is 13.0. The highest BCUT2D eigenvalue weighted by molar-refractivity contribution is 6.11. The van der Waals surface area contributed by atoms with Crippen LogP contribution in [0.3, 0.4) is 0 Å². The molecule has 2 aromatic carbocycles. The van der Waals surface area contributed by atoms with E-state index in [2.05, 4.69) is 38.0 Å². The normalized spacial score (nSPS) is 10.4. The minimum Gasteiger partial charge on any atom is -0.497 e. The summed E-state index contributed by atoms with van der Waals surface area (Å²) in [5, 5.41) is 18.9. The number of aromatic nitrogens is 2. The quantitative estimate of drug-likeness (QED) is 0.183. The molecule has 0 spiro atoms. The zero-order valence-corrected chi connectivity index (χ0v) is 20.7. The molecule has 1 heterocycles. The van der Waals surface area contributed by atoms with Gasteiger partial charge in [-0.15, -0.1) is 0 Å². The highest BCUT2D eigenvalue weighted by Crippen LogP contribution is 2.24. The number of nitrogens with one attached hydrogen (secondary N) is 5. The monoisotopic (exact) mass is 492 g/mol. The lowest BCUT2D eigenvalue weighted by Gasteiger charge is -2.13. The van der Waals surface area contributed by atoms with Crippen molar-refractivity contribution in [3.8, 4) is 11.5 Å². The number of likely N-dealkylation sites (N-methyl/N-ethyl adjacent to an activating group) is 1. The highest BCUT2D eigenvalue weighted by Gasteiger charge is 2.15. The lowest BCUT2D eigenvalue weighted by Crippen LogP contribution is -2.19.